The van der Waals surface area contributed by atoms with Crippen LogP contribution < -0.4 is 4.90 Å². The van der Waals surface area contributed by atoms with E-state index in [1.54, 1.807) is 24.3 Å². The average molecular weight is 435 g/mol. The Morgan fingerprint density at radius 1 is 0.968 bits per heavy atom. The number of amides is 2. The van der Waals surface area contributed by atoms with Crippen molar-refractivity contribution in [3.8, 4) is 0 Å². The smallest absolute Gasteiger partial charge is 0.238 e. The summed E-state index contributed by atoms with van der Waals surface area (Å²) >= 11 is 6.02. The highest BCUT2D eigenvalue weighted by molar-refractivity contribution is 6.30. The molecule has 2 aromatic carbocycles. The minimum Gasteiger partial charge on any atom is -0.391 e. The molecule has 6 atom stereocenters. The van der Waals surface area contributed by atoms with Gasteiger partial charge in [0.25, 0.3) is 0 Å². The van der Waals surface area contributed by atoms with E-state index in [0.717, 1.165) is 17.7 Å². The summed E-state index contributed by atoms with van der Waals surface area (Å²) in [5, 5.41) is 5.00. The molecule has 0 N–H and O–H groups in total. The van der Waals surface area contributed by atoms with Crippen LogP contribution in [-0.4, -0.2) is 29.4 Å². The number of ketones is 1. The number of anilines is 1. The molecule has 2 saturated carbocycles. The Kier molecular flexibility index (Phi) is 3.93. The SMILES string of the molecule is CC(=O)c1ccc(N2C(=O)[C@@H]3[C@H]4C[C@@H]([C@@H]5C(c6ccc(Cl)cc6)=NO[C@H]45)[C@@H]3C2=O)cc1. The largest absolute Gasteiger partial charge is 0.391 e. The van der Waals surface area contributed by atoms with Crippen LogP contribution in [-0.2, 0) is 14.4 Å². The Bertz CT molecular complexity index is 1160. The van der Waals surface area contributed by atoms with Crippen molar-refractivity contribution in [1.82, 2.24) is 0 Å². The lowest BCUT2D eigenvalue weighted by molar-refractivity contribution is -0.125. The van der Waals surface area contributed by atoms with Gasteiger partial charge >= 0.3 is 0 Å². The van der Waals surface area contributed by atoms with E-state index in [9.17, 15) is 14.4 Å². The number of carbonyl (C=O) groups excluding carboxylic acids is 3. The molecule has 1 saturated heterocycles. The van der Waals surface area contributed by atoms with Gasteiger partial charge in [-0.15, -0.1) is 0 Å². The Morgan fingerprint density at radius 3 is 2.26 bits per heavy atom. The minimum atomic E-state index is -0.369. The van der Waals surface area contributed by atoms with E-state index in [4.69, 9.17) is 16.4 Å². The predicted octanol–water partition coefficient (Wildman–Crippen LogP) is 3.72. The van der Waals surface area contributed by atoms with E-state index in [-0.39, 0.29) is 53.3 Å². The molecule has 2 bridgehead atoms. The Balaban J connectivity index is 1.32. The molecule has 0 aromatic heterocycles. The van der Waals surface area contributed by atoms with Crippen molar-refractivity contribution in [3.63, 3.8) is 0 Å². The summed E-state index contributed by atoms with van der Waals surface area (Å²) in [6.07, 6.45) is 0.625. The van der Waals surface area contributed by atoms with Gasteiger partial charge < -0.3 is 4.84 Å². The molecule has 2 aliphatic carbocycles. The highest BCUT2D eigenvalue weighted by atomic mass is 35.5. The van der Waals surface area contributed by atoms with Gasteiger partial charge in [0, 0.05) is 22.4 Å². The number of oxime groups is 1. The third-order valence-electron chi connectivity index (χ3n) is 7.36. The van der Waals surface area contributed by atoms with Crippen LogP contribution in [0, 0.1) is 29.6 Å². The summed E-state index contributed by atoms with van der Waals surface area (Å²) in [5.41, 5.74) is 2.85. The fraction of sp³-hybridized carbons (Fsp3) is 0.333. The molecule has 0 radical (unpaired) electrons. The quantitative estimate of drug-likeness (QED) is 0.545. The Labute approximate surface area is 183 Å². The molecule has 2 heterocycles. The van der Waals surface area contributed by atoms with Gasteiger partial charge in [0.2, 0.25) is 11.8 Å². The first-order valence-corrected chi connectivity index (χ1v) is 10.8. The molecule has 3 fully saturated rings. The van der Waals surface area contributed by atoms with Crippen LogP contribution in [0.25, 0.3) is 0 Å². The highest BCUT2D eigenvalue weighted by Crippen LogP contribution is 2.62. The molecular formula is C24H19ClN2O4. The maximum Gasteiger partial charge on any atom is 0.238 e. The van der Waals surface area contributed by atoms with Crippen LogP contribution >= 0.6 is 11.6 Å². The summed E-state index contributed by atoms with van der Waals surface area (Å²) in [5.74, 6) is -1.10. The second-order valence-electron chi connectivity index (χ2n) is 8.81. The molecule has 6 nitrogen and oxygen atoms in total. The third-order valence-corrected chi connectivity index (χ3v) is 7.61. The topological polar surface area (TPSA) is 76.0 Å². The van der Waals surface area contributed by atoms with Crippen molar-refractivity contribution >= 4 is 40.6 Å². The van der Waals surface area contributed by atoms with Gasteiger partial charge in [0.15, 0.2) is 5.78 Å². The van der Waals surface area contributed by atoms with Crippen LogP contribution in [0.3, 0.4) is 0 Å². The molecular weight excluding hydrogens is 416 g/mol. The summed E-state index contributed by atoms with van der Waals surface area (Å²) < 4.78 is 0. The molecule has 0 unspecified atom stereocenters. The maximum absolute atomic E-state index is 13.4. The zero-order valence-electron chi connectivity index (χ0n) is 16.7. The van der Waals surface area contributed by atoms with Gasteiger partial charge in [-0.2, -0.15) is 0 Å². The second kappa shape index (κ2) is 6.50. The van der Waals surface area contributed by atoms with Gasteiger partial charge in [0.05, 0.1) is 23.2 Å². The van der Waals surface area contributed by atoms with Gasteiger partial charge in [-0.1, -0.05) is 28.9 Å². The molecule has 6 rings (SSSR count). The highest BCUT2D eigenvalue weighted by Gasteiger charge is 2.70. The van der Waals surface area contributed by atoms with Crippen LogP contribution in [0.4, 0.5) is 5.69 Å². The number of carbonyl (C=O) groups is 3. The number of hydrogen-bond acceptors (Lipinski definition) is 5. The number of benzene rings is 2. The summed E-state index contributed by atoms with van der Waals surface area (Å²) in [7, 11) is 0. The lowest BCUT2D eigenvalue weighted by Gasteiger charge is -2.29. The van der Waals surface area contributed by atoms with Crippen LogP contribution in [0.15, 0.2) is 53.7 Å². The van der Waals surface area contributed by atoms with E-state index in [1.165, 1.54) is 11.8 Å². The van der Waals surface area contributed by atoms with Crippen molar-refractivity contribution < 1.29 is 19.2 Å². The van der Waals surface area contributed by atoms with Gasteiger partial charge in [0.1, 0.15) is 6.10 Å². The maximum atomic E-state index is 13.4. The van der Waals surface area contributed by atoms with E-state index in [2.05, 4.69) is 5.16 Å². The number of rotatable bonds is 3. The summed E-state index contributed by atoms with van der Waals surface area (Å²) in [4.78, 5) is 45.4. The van der Waals surface area contributed by atoms with Gasteiger partial charge in [-0.25, -0.2) is 0 Å². The molecule has 2 aliphatic heterocycles. The van der Waals surface area contributed by atoms with Gasteiger partial charge in [-0.05, 0) is 61.2 Å². The zero-order valence-corrected chi connectivity index (χ0v) is 17.5. The molecule has 0 spiro atoms. The second-order valence-corrected chi connectivity index (χ2v) is 9.25. The first-order valence-electron chi connectivity index (χ1n) is 10.4. The zero-order chi connectivity index (χ0) is 21.4. The van der Waals surface area contributed by atoms with E-state index in [0.29, 0.717) is 16.3 Å². The Morgan fingerprint density at radius 2 is 1.61 bits per heavy atom. The molecule has 2 aromatic rings. The lowest BCUT2D eigenvalue weighted by atomic mass is 9.71. The predicted molar refractivity (Wildman–Crippen MR) is 114 cm³/mol. The number of imide groups is 1. The number of hydrogen-bond donors (Lipinski definition) is 0. The van der Waals surface area contributed by atoms with Gasteiger partial charge in [-0.3, -0.25) is 19.3 Å². The van der Waals surface area contributed by atoms with E-state index < -0.39 is 0 Å². The first kappa shape index (κ1) is 18.8. The summed E-state index contributed by atoms with van der Waals surface area (Å²) in [6.45, 7) is 1.49. The number of fused-ring (bicyclic) bond motifs is 8. The van der Waals surface area contributed by atoms with Crippen molar-refractivity contribution in [2.24, 2.45) is 34.7 Å². The molecule has 31 heavy (non-hydrogen) atoms. The Hall–Kier alpha value is -2.99. The van der Waals surface area contributed by atoms with Crippen LogP contribution in [0.1, 0.15) is 29.3 Å². The molecule has 4 aliphatic rings. The number of halogens is 1. The lowest BCUT2D eigenvalue weighted by Crippen LogP contribution is -2.41. The summed E-state index contributed by atoms with van der Waals surface area (Å²) in [6, 6.07) is 14.1. The van der Waals surface area contributed by atoms with E-state index >= 15 is 0 Å². The fourth-order valence-corrected chi connectivity index (χ4v) is 6.21. The van der Waals surface area contributed by atoms with Crippen LogP contribution in [0.5, 0.6) is 0 Å². The van der Waals surface area contributed by atoms with Crippen molar-refractivity contribution in [1.29, 1.82) is 0 Å². The first-order chi connectivity index (χ1) is 15.0. The van der Waals surface area contributed by atoms with Crippen molar-refractivity contribution in [2.45, 2.75) is 19.4 Å². The minimum absolute atomic E-state index is 0.00390. The monoisotopic (exact) mass is 434 g/mol. The van der Waals surface area contributed by atoms with Crippen molar-refractivity contribution in [3.05, 3.63) is 64.7 Å². The fourth-order valence-electron chi connectivity index (χ4n) is 6.08. The third kappa shape index (κ3) is 2.51. The standard InChI is InChI=1S/C24H19ClN2O4/c1-11(28)12-4-8-15(9-5-12)27-23(29)18-16-10-17(19(18)24(27)30)22-20(16)21(26-31-22)13-2-6-14(25)7-3-13/h2-9,16-20,22H,10H2,1H3/t16-,17-,18+,19-,20-,22-/m1/s1. The number of Topliss-reactive ketones (excluding diaryl/α,β-unsaturated/α-hetero) is 1. The van der Waals surface area contributed by atoms with Crippen LogP contribution in [0.2, 0.25) is 5.02 Å². The van der Waals surface area contributed by atoms with E-state index in [1.807, 2.05) is 24.3 Å². The van der Waals surface area contributed by atoms with Crippen molar-refractivity contribution in [2.75, 3.05) is 4.90 Å². The normalized spacial score (nSPS) is 32.7. The number of nitrogens with zero attached hydrogens (tertiary/aromatic N) is 2. The molecule has 2 amide bonds. The average Bonchev–Trinajstić information content (AvgIpc) is 3.49. The molecule has 7 heteroatoms. The molecule has 156 valence electrons.